The van der Waals surface area contributed by atoms with Gasteiger partial charge in [-0.3, -0.25) is 4.79 Å². The third kappa shape index (κ3) is 4.80. The van der Waals surface area contributed by atoms with Gasteiger partial charge in [0.1, 0.15) is 0 Å². The van der Waals surface area contributed by atoms with E-state index in [0.717, 1.165) is 5.56 Å². The van der Waals surface area contributed by atoms with Gasteiger partial charge < -0.3 is 23.8 Å². The normalized spacial score (nSPS) is 13.8. The van der Waals surface area contributed by atoms with Crippen LogP contribution in [0.5, 0.6) is 11.5 Å². The lowest BCUT2D eigenvalue weighted by Crippen LogP contribution is -2.48. The number of benzene rings is 2. The van der Waals surface area contributed by atoms with Gasteiger partial charge in [0.05, 0.1) is 13.2 Å². The highest BCUT2D eigenvalue weighted by Crippen LogP contribution is 2.29. The molecule has 9 heteroatoms. The van der Waals surface area contributed by atoms with E-state index in [1.165, 1.54) is 0 Å². The number of halogens is 1. The predicted molar refractivity (Wildman–Crippen MR) is 122 cm³/mol. The summed E-state index contributed by atoms with van der Waals surface area (Å²) in [4.78, 5) is 21.3. The number of hydrogen-bond donors (Lipinski definition) is 0. The van der Waals surface area contributed by atoms with Crippen LogP contribution in [0.3, 0.4) is 0 Å². The molecule has 0 N–H and O–H groups in total. The highest BCUT2D eigenvalue weighted by Gasteiger charge is 2.26. The van der Waals surface area contributed by atoms with Crippen molar-refractivity contribution in [2.24, 2.45) is 0 Å². The summed E-state index contributed by atoms with van der Waals surface area (Å²) in [5.41, 5.74) is 1.41. The minimum Gasteiger partial charge on any atom is -0.490 e. The summed E-state index contributed by atoms with van der Waals surface area (Å²) in [6, 6.07) is 13.0. The molecule has 1 aliphatic rings. The number of piperazine rings is 1. The van der Waals surface area contributed by atoms with Crippen molar-refractivity contribution < 1.29 is 18.8 Å². The minimum atomic E-state index is -0.0407. The summed E-state index contributed by atoms with van der Waals surface area (Å²) in [5, 5.41) is 4.72. The smallest absolute Gasteiger partial charge is 0.324 e. The van der Waals surface area contributed by atoms with Crippen molar-refractivity contribution in [3.05, 3.63) is 53.1 Å². The van der Waals surface area contributed by atoms with E-state index in [1.54, 1.807) is 30.3 Å². The van der Waals surface area contributed by atoms with Crippen LogP contribution in [0.1, 0.15) is 24.2 Å². The quantitative estimate of drug-likeness (QED) is 0.528. The molecule has 0 aliphatic carbocycles. The first kappa shape index (κ1) is 22.0. The van der Waals surface area contributed by atoms with Gasteiger partial charge in [-0.1, -0.05) is 16.8 Å². The molecule has 0 unspecified atom stereocenters. The van der Waals surface area contributed by atoms with E-state index in [-0.39, 0.29) is 5.91 Å². The minimum absolute atomic E-state index is 0.0407. The van der Waals surface area contributed by atoms with Gasteiger partial charge in [0.25, 0.3) is 5.91 Å². The van der Waals surface area contributed by atoms with Crippen LogP contribution < -0.4 is 14.4 Å². The first-order chi connectivity index (χ1) is 15.6. The van der Waals surface area contributed by atoms with Gasteiger partial charge in [0.2, 0.25) is 5.82 Å². The zero-order chi connectivity index (χ0) is 22.5. The third-order valence-corrected chi connectivity index (χ3v) is 5.40. The molecule has 1 aliphatic heterocycles. The molecule has 3 aromatic rings. The van der Waals surface area contributed by atoms with Crippen molar-refractivity contribution in [1.82, 2.24) is 15.0 Å². The van der Waals surface area contributed by atoms with Crippen LogP contribution in [0, 0.1) is 0 Å². The molecule has 168 valence electrons. The van der Waals surface area contributed by atoms with Gasteiger partial charge in [-0.2, -0.15) is 4.98 Å². The van der Waals surface area contributed by atoms with E-state index in [9.17, 15) is 4.79 Å². The molecule has 1 amide bonds. The van der Waals surface area contributed by atoms with E-state index in [2.05, 4.69) is 10.1 Å². The van der Waals surface area contributed by atoms with E-state index < -0.39 is 0 Å². The second kappa shape index (κ2) is 9.91. The topological polar surface area (TPSA) is 80.9 Å². The molecule has 32 heavy (non-hydrogen) atoms. The van der Waals surface area contributed by atoms with Crippen molar-refractivity contribution >= 4 is 23.5 Å². The van der Waals surface area contributed by atoms with Crippen LogP contribution in [0.2, 0.25) is 5.02 Å². The van der Waals surface area contributed by atoms with Gasteiger partial charge in [0.15, 0.2) is 11.5 Å². The first-order valence-electron chi connectivity index (χ1n) is 10.6. The Morgan fingerprint density at radius 2 is 1.69 bits per heavy atom. The lowest BCUT2D eigenvalue weighted by atomic mass is 10.1. The number of anilines is 1. The van der Waals surface area contributed by atoms with Crippen LogP contribution in [-0.2, 0) is 0 Å². The summed E-state index contributed by atoms with van der Waals surface area (Å²) in [6.45, 7) is 7.15. The van der Waals surface area contributed by atoms with Gasteiger partial charge in [-0.25, -0.2) is 0 Å². The molecular weight excluding hydrogens is 432 g/mol. The molecule has 0 atom stereocenters. The maximum atomic E-state index is 13.0. The van der Waals surface area contributed by atoms with Crippen LogP contribution in [-0.4, -0.2) is 60.3 Å². The number of ether oxygens (including phenoxy) is 2. The van der Waals surface area contributed by atoms with Crippen LogP contribution >= 0.6 is 11.6 Å². The van der Waals surface area contributed by atoms with Gasteiger partial charge in [0, 0.05) is 42.3 Å². The Labute approximate surface area is 191 Å². The fourth-order valence-electron chi connectivity index (χ4n) is 3.53. The summed E-state index contributed by atoms with van der Waals surface area (Å²) in [7, 11) is 0. The van der Waals surface area contributed by atoms with Crippen molar-refractivity contribution in [2.75, 3.05) is 44.3 Å². The summed E-state index contributed by atoms with van der Waals surface area (Å²) < 4.78 is 16.7. The Morgan fingerprint density at radius 1 is 1.00 bits per heavy atom. The van der Waals surface area contributed by atoms with Crippen molar-refractivity contribution in [3.63, 3.8) is 0 Å². The molecule has 8 nitrogen and oxygen atoms in total. The maximum absolute atomic E-state index is 13.0. The highest BCUT2D eigenvalue weighted by atomic mass is 35.5. The van der Waals surface area contributed by atoms with Gasteiger partial charge in [-0.05, 0) is 56.3 Å². The first-order valence-corrected chi connectivity index (χ1v) is 11.0. The average molecular weight is 457 g/mol. The molecule has 0 radical (unpaired) electrons. The second-order valence-corrected chi connectivity index (χ2v) is 7.65. The number of carbonyl (C=O) groups is 1. The Balaban J connectivity index is 1.40. The molecule has 0 bridgehead atoms. The van der Waals surface area contributed by atoms with E-state index in [0.29, 0.717) is 73.3 Å². The number of aromatic nitrogens is 2. The molecule has 2 aromatic carbocycles. The maximum Gasteiger partial charge on any atom is 0.324 e. The van der Waals surface area contributed by atoms with E-state index in [4.69, 9.17) is 25.6 Å². The van der Waals surface area contributed by atoms with Crippen LogP contribution in [0.25, 0.3) is 11.4 Å². The molecule has 0 spiro atoms. The Bertz CT molecular complexity index is 1060. The largest absolute Gasteiger partial charge is 0.490 e. The number of amides is 1. The molecule has 1 saturated heterocycles. The number of rotatable bonds is 7. The predicted octanol–water partition coefficient (Wildman–Crippen LogP) is 4.15. The lowest BCUT2D eigenvalue weighted by molar-refractivity contribution is 0.0744. The average Bonchev–Trinajstić information content (AvgIpc) is 3.31. The van der Waals surface area contributed by atoms with Crippen LogP contribution in [0.4, 0.5) is 6.01 Å². The van der Waals surface area contributed by atoms with Crippen molar-refractivity contribution in [2.45, 2.75) is 13.8 Å². The number of hydrogen-bond acceptors (Lipinski definition) is 7. The molecular formula is C23H25ClN4O4. The fraction of sp³-hybridized carbons (Fsp3) is 0.348. The number of carbonyl (C=O) groups excluding carboxylic acids is 1. The monoisotopic (exact) mass is 456 g/mol. The zero-order valence-electron chi connectivity index (χ0n) is 18.1. The summed E-state index contributed by atoms with van der Waals surface area (Å²) >= 11 is 5.94. The van der Waals surface area contributed by atoms with Crippen LogP contribution in [0.15, 0.2) is 47.0 Å². The Hall–Kier alpha value is -3.26. The van der Waals surface area contributed by atoms with Crippen molar-refractivity contribution in [1.29, 1.82) is 0 Å². The van der Waals surface area contributed by atoms with Gasteiger partial charge in [-0.15, -0.1) is 0 Å². The molecule has 1 aromatic heterocycles. The SMILES string of the molecule is CCOc1ccc(C(=O)N2CCN(c3nc(-c4ccc(Cl)cc4)no3)CC2)cc1OCC. The fourth-order valence-corrected chi connectivity index (χ4v) is 3.65. The molecule has 0 saturated carbocycles. The van der Waals surface area contributed by atoms with E-state index in [1.807, 2.05) is 35.8 Å². The second-order valence-electron chi connectivity index (χ2n) is 7.21. The Morgan fingerprint density at radius 3 is 2.38 bits per heavy atom. The molecule has 1 fully saturated rings. The number of nitrogens with zero attached hydrogens (tertiary/aromatic N) is 4. The Kier molecular flexibility index (Phi) is 6.80. The molecule has 4 rings (SSSR count). The third-order valence-electron chi connectivity index (χ3n) is 5.15. The van der Waals surface area contributed by atoms with Crippen molar-refractivity contribution in [3.8, 4) is 22.9 Å². The lowest BCUT2D eigenvalue weighted by Gasteiger charge is -2.33. The standard InChI is InChI=1S/C23H25ClN4O4/c1-3-30-19-10-7-17(15-20(19)31-4-2)22(29)27-11-13-28(14-12-27)23-25-21(26-32-23)16-5-8-18(24)9-6-16/h5-10,15H,3-4,11-14H2,1-2H3. The summed E-state index contributed by atoms with van der Waals surface area (Å²) in [6.07, 6.45) is 0. The van der Waals surface area contributed by atoms with Gasteiger partial charge >= 0.3 is 6.01 Å². The molecule has 2 heterocycles. The highest BCUT2D eigenvalue weighted by molar-refractivity contribution is 6.30. The van der Waals surface area contributed by atoms with E-state index >= 15 is 0 Å². The summed E-state index contributed by atoms with van der Waals surface area (Å²) in [5.74, 6) is 1.69. The zero-order valence-corrected chi connectivity index (χ0v) is 18.8.